The molecule has 0 atom stereocenters. The molecule has 1 aromatic heterocycles. The Morgan fingerprint density at radius 2 is 1.84 bits per heavy atom. The minimum atomic E-state index is -3.61. The normalized spacial score (nSPS) is 11.4. The molecular formula is C18H19N3O3S. The Bertz CT molecular complexity index is 920. The summed E-state index contributed by atoms with van der Waals surface area (Å²) in [4.78, 5) is 0.145. The number of aromatic nitrogens is 2. The Hall–Kier alpha value is -2.64. The lowest BCUT2D eigenvalue weighted by molar-refractivity contribution is 0.402. The fourth-order valence-electron chi connectivity index (χ4n) is 2.49. The first-order chi connectivity index (χ1) is 12.1. The van der Waals surface area contributed by atoms with Crippen molar-refractivity contribution in [2.24, 2.45) is 0 Å². The van der Waals surface area contributed by atoms with Gasteiger partial charge in [0.1, 0.15) is 10.6 Å². The van der Waals surface area contributed by atoms with E-state index in [0.29, 0.717) is 18.7 Å². The molecule has 6 nitrogen and oxygen atoms in total. The Labute approximate surface area is 147 Å². The minimum Gasteiger partial charge on any atom is -0.495 e. The van der Waals surface area contributed by atoms with Crippen LogP contribution in [0.25, 0.3) is 5.69 Å². The maximum absolute atomic E-state index is 12.4. The molecule has 2 aromatic carbocycles. The number of ether oxygens (including phenoxy) is 1. The van der Waals surface area contributed by atoms with Gasteiger partial charge >= 0.3 is 0 Å². The van der Waals surface area contributed by atoms with Crippen molar-refractivity contribution in [1.29, 1.82) is 0 Å². The fraction of sp³-hybridized carbons (Fsp3) is 0.167. The van der Waals surface area contributed by atoms with Crippen LogP contribution in [0.5, 0.6) is 5.75 Å². The van der Waals surface area contributed by atoms with E-state index in [4.69, 9.17) is 4.74 Å². The zero-order chi connectivity index (χ0) is 17.7. The molecule has 3 aromatic rings. The number of nitrogens with one attached hydrogen (secondary N) is 1. The Morgan fingerprint density at radius 1 is 1.08 bits per heavy atom. The maximum atomic E-state index is 12.4. The van der Waals surface area contributed by atoms with Crippen LogP contribution < -0.4 is 9.46 Å². The molecule has 0 saturated carbocycles. The van der Waals surface area contributed by atoms with Gasteiger partial charge in [0.15, 0.2) is 0 Å². The summed E-state index contributed by atoms with van der Waals surface area (Å²) >= 11 is 0. The van der Waals surface area contributed by atoms with Crippen molar-refractivity contribution < 1.29 is 13.2 Å². The van der Waals surface area contributed by atoms with Crippen LogP contribution in [0.15, 0.2) is 71.9 Å². The summed E-state index contributed by atoms with van der Waals surface area (Å²) in [5.41, 5.74) is 2.00. The van der Waals surface area contributed by atoms with E-state index in [1.807, 2.05) is 36.5 Å². The second kappa shape index (κ2) is 7.50. The Balaban J connectivity index is 1.62. The molecule has 0 unspecified atom stereocenters. The highest BCUT2D eigenvalue weighted by molar-refractivity contribution is 7.89. The van der Waals surface area contributed by atoms with Crippen molar-refractivity contribution in [2.45, 2.75) is 11.3 Å². The van der Waals surface area contributed by atoms with Crippen LogP contribution in [0.3, 0.4) is 0 Å². The average Bonchev–Trinajstić information content (AvgIpc) is 3.17. The minimum absolute atomic E-state index is 0.145. The first kappa shape index (κ1) is 17.2. The van der Waals surface area contributed by atoms with Crippen LogP contribution in [-0.4, -0.2) is 31.9 Å². The summed E-state index contributed by atoms with van der Waals surface area (Å²) in [6.07, 6.45) is 4.19. The van der Waals surface area contributed by atoms with Gasteiger partial charge < -0.3 is 4.74 Å². The third-order valence-electron chi connectivity index (χ3n) is 3.77. The lowest BCUT2D eigenvalue weighted by Gasteiger charge is -2.10. The first-order valence-corrected chi connectivity index (χ1v) is 9.30. The summed E-state index contributed by atoms with van der Waals surface area (Å²) in [6, 6.07) is 16.3. The molecule has 25 heavy (non-hydrogen) atoms. The standard InChI is InChI=1S/C18H19N3O3S/c1-24-17-5-2-3-6-18(17)25(22,23)20-13-11-15-7-9-16(10-8-15)21-14-4-12-19-21/h2-10,12,14,20H,11,13H2,1H3. The van der Waals surface area contributed by atoms with Crippen molar-refractivity contribution in [3.05, 3.63) is 72.6 Å². The molecule has 1 N–H and O–H groups in total. The molecule has 0 saturated heterocycles. The monoisotopic (exact) mass is 357 g/mol. The fourth-order valence-corrected chi connectivity index (χ4v) is 3.69. The van der Waals surface area contributed by atoms with Gasteiger partial charge in [0, 0.05) is 18.9 Å². The highest BCUT2D eigenvalue weighted by Gasteiger charge is 2.18. The highest BCUT2D eigenvalue weighted by atomic mass is 32.2. The van der Waals surface area contributed by atoms with E-state index in [1.165, 1.54) is 13.2 Å². The van der Waals surface area contributed by atoms with Crippen LogP contribution in [0.4, 0.5) is 0 Å². The molecule has 7 heteroatoms. The predicted molar refractivity (Wildman–Crippen MR) is 95.5 cm³/mol. The maximum Gasteiger partial charge on any atom is 0.244 e. The molecule has 0 amide bonds. The molecule has 0 spiro atoms. The van der Waals surface area contributed by atoms with Crippen molar-refractivity contribution in [2.75, 3.05) is 13.7 Å². The van der Waals surface area contributed by atoms with Gasteiger partial charge in [-0.2, -0.15) is 5.10 Å². The number of benzene rings is 2. The van der Waals surface area contributed by atoms with Crippen LogP contribution >= 0.6 is 0 Å². The Morgan fingerprint density at radius 3 is 2.52 bits per heavy atom. The molecular weight excluding hydrogens is 338 g/mol. The molecule has 0 bridgehead atoms. The third kappa shape index (κ3) is 4.07. The van der Waals surface area contributed by atoms with E-state index in [9.17, 15) is 8.42 Å². The third-order valence-corrected chi connectivity index (χ3v) is 5.27. The van der Waals surface area contributed by atoms with E-state index in [1.54, 1.807) is 29.1 Å². The van der Waals surface area contributed by atoms with E-state index >= 15 is 0 Å². The van der Waals surface area contributed by atoms with Gasteiger partial charge in [-0.05, 0) is 42.3 Å². The molecule has 0 radical (unpaired) electrons. The number of nitrogens with zero attached hydrogens (tertiary/aromatic N) is 2. The summed E-state index contributed by atoms with van der Waals surface area (Å²) in [6.45, 7) is 0.307. The number of hydrogen-bond acceptors (Lipinski definition) is 4. The van der Waals surface area contributed by atoms with Gasteiger partial charge in [-0.1, -0.05) is 24.3 Å². The summed E-state index contributed by atoms with van der Waals surface area (Å²) in [5.74, 6) is 0.332. The average molecular weight is 357 g/mol. The number of sulfonamides is 1. The molecule has 3 rings (SSSR count). The van der Waals surface area contributed by atoms with Gasteiger partial charge in [0.2, 0.25) is 10.0 Å². The SMILES string of the molecule is COc1ccccc1S(=O)(=O)NCCc1ccc(-n2cccn2)cc1. The summed E-state index contributed by atoms with van der Waals surface area (Å²) in [7, 11) is -2.15. The highest BCUT2D eigenvalue weighted by Crippen LogP contribution is 2.22. The Kier molecular flexibility index (Phi) is 5.16. The van der Waals surface area contributed by atoms with E-state index in [2.05, 4.69) is 9.82 Å². The molecule has 130 valence electrons. The smallest absolute Gasteiger partial charge is 0.244 e. The van der Waals surface area contributed by atoms with Gasteiger partial charge in [0.25, 0.3) is 0 Å². The lowest BCUT2D eigenvalue weighted by Crippen LogP contribution is -2.26. The van der Waals surface area contributed by atoms with Crippen LogP contribution in [-0.2, 0) is 16.4 Å². The zero-order valence-corrected chi connectivity index (χ0v) is 14.6. The number of rotatable bonds is 7. The van der Waals surface area contributed by atoms with E-state index < -0.39 is 10.0 Å². The van der Waals surface area contributed by atoms with Crippen LogP contribution in [0.2, 0.25) is 0 Å². The van der Waals surface area contributed by atoms with Gasteiger partial charge in [-0.25, -0.2) is 17.8 Å². The topological polar surface area (TPSA) is 73.2 Å². The van der Waals surface area contributed by atoms with Gasteiger partial charge in [0.05, 0.1) is 12.8 Å². The number of hydrogen-bond donors (Lipinski definition) is 1. The van der Waals surface area contributed by atoms with Crippen LogP contribution in [0, 0.1) is 0 Å². The number of methoxy groups -OCH3 is 1. The zero-order valence-electron chi connectivity index (χ0n) is 13.8. The van der Waals surface area contributed by atoms with Crippen LogP contribution in [0.1, 0.15) is 5.56 Å². The second-order valence-electron chi connectivity index (χ2n) is 5.42. The van der Waals surface area contributed by atoms with Crippen molar-refractivity contribution in [1.82, 2.24) is 14.5 Å². The molecule has 0 aliphatic rings. The predicted octanol–water partition coefficient (Wildman–Crippen LogP) is 2.40. The summed E-state index contributed by atoms with van der Waals surface area (Å²) in [5, 5.41) is 4.17. The second-order valence-corrected chi connectivity index (χ2v) is 7.15. The van der Waals surface area contributed by atoms with Crippen molar-refractivity contribution in [3.63, 3.8) is 0 Å². The largest absolute Gasteiger partial charge is 0.495 e. The molecule has 0 aliphatic heterocycles. The van der Waals surface area contributed by atoms with Gasteiger partial charge in [-0.3, -0.25) is 0 Å². The number of para-hydroxylation sites is 1. The quantitative estimate of drug-likeness (QED) is 0.705. The van der Waals surface area contributed by atoms with Gasteiger partial charge in [-0.15, -0.1) is 0 Å². The molecule has 1 heterocycles. The molecule has 0 aliphatic carbocycles. The summed E-state index contributed by atoms with van der Waals surface area (Å²) < 4.78 is 34.3. The van der Waals surface area contributed by atoms with E-state index in [-0.39, 0.29) is 4.90 Å². The molecule has 0 fully saturated rings. The lowest BCUT2D eigenvalue weighted by atomic mass is 10.1. The van der Waals surface area contributed by atoms with Crippen molar-refractivity contribution in [3.8, 4) is 11.4 Å². The van der Waals surface area contributed by atoms with Crippen molar-refractivity contribution >= 4 is 10.0 Å². The van der Waals surface area contributed by atoms with E-state index in [0.717, 1.165) is 11.3 Å². The first-order valence-electron chi connectivity index (χ1n) is 7.82.